The van der Waals surface area contributed by atoms with E-state index in [0.717, 1.165) is 30.8 Å². The number of hydrogen-bond donors (Lipinski definition) is 3. The number of amides is 2. The maximum absolute atomic E-state index is 12.0. The fourth-order valence-corrected chi connectivity index (χ4v) is 2.59. The molecule has 108 valence electrons. The highest BCUT2D eigenvalue weighted by atomic mass is 16.2. The normalized spacial score (nSPS) is 13.3. The van der Waals surface area contributed by atoms with Gasteiger partial charge in [0, 0.05) is 18.8 Å². The Morgan fingerprint density at radius 3 is 2.81 bits per heavy atom. The molecule has 21 heavy (non-hydrogen) atoms. The Morgan fingerprint density at radius 2 is 1.95 bits per heavy atom. The first-order chi connectivity index (χ1) is 10.3. The van der Waals surface area contributed by atoms with E-state index in [1.54, 1.807) is 0 Å². The summed E-state index contributed by atoms with van der Waals surface area (Å²) in [5.74, 6) is 0. The van der Waals surface area contributed by atoms with Gasteiger partial charge in [0.25, 0.3) is 0 Å². The highest BCUT2D eigenvalue weighted by molar-refractivity contribution is 5.90. The summed E-state index contributed by atoms with van der Waals surface area (Å²) in [6.45, 7) is 2.36. The third-order valence-corrected chi connectivity index (χ3v) is 3.68. The van der Waals surface area contributed by atoms with Crippen molar-refractivity contribution in [1.29, 1.82) is 0 Å². The number of rotatable bonds is 3. The lowest BCUT2D eigenvalue weighted by Crippen LogP contribution is -2.30. The van der Waals surface area contributed by atoms with Gasteiger partial charge in [0.1, 0.15) is 0 Å². The Balaban J connectivity index is 1.63. The van der Waals surface area contributed by atoms with Crippen LogP contribution in [0.15, 0.2) is 48.5 Å². The minimum atomic E-state index is -0.161. The molecule has 0 radical (unpaired) electrons. The van der Waals surface area contributed by atoms with E-state index in [0.29, 0.717) is 6.54 Å². The predicted molar refractivity (Wildman–Crippen MR) is 84.2 cm³/mol. The zero-order valence-corrected chi connectivity index (χ0v) is 11.9. The fourth-order valence-electron chi connectivity index (χ4n) is 2.59. The van der Waals surface area contributed by atoms with E-state index in [9.17, 15) is 4.79 Å². The van der Waals surface area contributed by atoms with E-state index in [-0.39, 0.29) is 6.03 Å². The summed E-state index contributed by atoms with van der Waals surface area (Å²) in [5.41, 5.74) is 4.51. The van der Waals surface area contributed by atoms with Crippen LogP contribution in [0.3, 0.4) is 0 Å². The van der Waals surface area contributed by atoms with Gasteiger partial charge in [-0.05, 0) is 35.7 Å². The smallest absolute Gasteiger partial charge is 0.319 e. The molecule has 4 nitrogen and oxygen atoms in total. The number of urea groups is 1. The Labute approximate surface area is 124 Å². The molecule has 0 saturated heterocycles. The predicted octanol–water partition coefficient (Wildman–Crippen LogP) is 2.65. The molecule has 0 unspecified atom stereocenters. The van der Waals surface area contributed by atoms with Crippen molar-refractivity contribution in [1.82, 2.24) is 10.6 Å². The Hall–Kier alpha value is -2.33. The number of carbonyl (C=O) groups excluding carboxylic acids is 1. The van der Waals surface area contributed by atoms with Crippen LogP contribution >= 0.6 is 0 Å². The Kier molecular flexibility index (Phi) is 4.17. The maximum atomic E-state index is 12.0. The number of anilines is 1. The maximum Gasteiger partial charge on any atom is 0.319 e. The zero-order chi connectivity index (χ0) is 14.5. The first kappa shape index (κ1) is 13.6. The lowest BCUT2D eigenvalue weighted by atomic mass is 9.99. The van der Waals surface area contributed by atoms with E-state index < -0.39 is 0 Å². The van der Waals surface area contributed by atoms with Gasteiger partial charge in [-0.15, -0.1) is 0 Å². The van der Waals surface area contributed by atoms with Gasteiger partial charge in [-0.25, -0.2) is 4.79 Å². The van der Waals surface area contributed by atoms with Crippen LogP contribution in [0.2, 0.25) is 0 Å². The van der Waals surface area contributed by atoms with Crippen LogP contribution in [0.25, 0.3) is 0 Å². The van der Waals surface area contributed by atoms with Crippen molar-refractivity contribution in [3.05, 3.63) is 65.2 Å². The van der Waals surface area contributed by atoms with Crippen molar-refractivity contribution in [2.45, 2.75) is 19.5 Å². The van der Waals surface area contributed by atoms with Crippen LogP contribution < -0.4 is 16.0 Å². The van der Waals surface area contributed by atoms with Crippen molar-refractivity contribution in [3.8, 4) is 0 Å². The molecule has 1 heterocycles. The Morgan fingerprint density at radius 1 is 1.10 bits per heavy atom. The summed E-state index contributed by atoms with van der Waals surface area (Å²) in [6, 6.07) is 15.8. The second-order valence-corrected chi connectivity index (χ2v) is 5.16. The van der Waals surface area contributed by atoms with Crippen molar-refractivity contribution in [3.63, 3.8) is 0 Å². The van der Waals surface area contributed by atoms with E-state index in [1.165, 1.54) is 11.1 Å². The second kappa shape index (κ2) is 6.41. The largest absolute Gasteiger partial charge is 0.334 e. The van der Waals surface area contributed by atoms with Gasteiger partial charge in [0.15, 0.2) is 0 Å². The summed E-state index contributed by atoms with van der Waals surface area (Å²) in [6.07, 6.45) is 0.949. The average molecular weight is 281 g/mol. The number of hydrogen-bond acceptors (Lipinski definition) is 2. The van der Waals surface area contributed by atoms with Gasteiger partial charge in [-0.2, -0.15) is 0 Å². The molecule has 0 atom stereocenters. The van der Waals surface area contributed by atoms with Gasteiger partial charge in [0.2, 0.25) is 0 Å². The minimum absolute atomic E-state index is 0.161. The average Bonchev–Trinajstić information content (AvgIpc) is 2.54. The highest BCUT2D eigenvalue weighted by Crippen LogP contribution is 2.22. The van der Waals surface area contributed by atoms with Gasteiger partial charge in [0.05, 0.1) is 0 Å². The summed E-state index contributed by atoms with van der Waals surface area (Å²) < 4.78 is 0. The van der Waals surface area contributed by atoms with E-state index in [4.69, 9.17) is 0 Å². The molecule has 0 bridgehead atoms. The SMILES string of the molecule is O=C(NCc1ccccc1)Nc1cccc2c1CCNC2. The Bertz CT molecular complexity index is 625. The first-order valence-electron chi connectivity index (χ1n) is 7.23. The molecule has 3 N–H and O–H groups in total. The zero-order valence-electron chi connectivity index (χ0n) is 11.9. The van der Waals surface area contributed by atoms with Gasteiger partial charge in [-0.3, -0.25) is 0 Å². The molecule has 2 aromatic rings. The third kappa shape index (κ3) is 3.41. The molecule has 1 aliphatic rings. The van der Waals surface area contributed by atoms with Gasteiger partial charge >= 0.3 is 6.03 Å². The molecule has 2 aromatic carbocycles. The van der Waals surface area contributed by atoms with Crippen LogP contribution in [0.1, 0.15) is 16.7 Å². The minimum Gasteiger partial charge on any atom is -0.334 e. The summed E-state index contributed by atoms with van der Waals surface area (Å²) in [7, 11) is 0. The molecule has 0 aromatic heterocycles. The molecule has 0 aliphatic carbocycles. The second-order valence-electron chi connectivity index (χ2n) is 5.16. The van der Waals surface area contributed by atoms with Gasteiger partial charge < -0.3 is 16.0 Å². The molecule has 4 heteroatoms. The van der Waals surface area contributed by atoms with Crippen molar-refractivity contribution in [2.24, 2.45) is 0 Å². The number of nitrogens with one attached hydrogen (secondary N) is 3. The number of fused-ring (bicyclic) bond motifs is 1. The molecule has 2 amide bonds. The summed E-state index contributed by atoms with van der Waals surface area (Å²) in [5, 5.41) is 9.19. The molecule has 0 saturated carbocycles. The summed E-state index contributed by atoms with van der Waals surface area (Å²) in [4.78, 5) is 12.0. The van der Waals surface area contributed by atoms with Crippen LogP contribution in [-0.2, 0) is 19.5 Å². The van der Waals surface area contributed by atoms with Crippen LogP contribution in [0.4, 0.5) is 10.5 Å². The highest BCUT2D eigenvalue weighted by Gasteiger charge is 2.13. The molecule has 0 spiro atoms. The number of benzene rings is 2. The summed E-state index contributed by atoms with van der Waals surface area (Å²) >= 11 is 0. The third-order valence-electron chi connectivity index (χ3n) is 3.68. The standard InChI is InChI=1S/C17H19N3O/c21-17(19-11-13-5-2-1-3-6-13)20-16-8-4-7-14-12-18-10-9-15(14)16/h1-8,18H,9-12H2,(H2,19,20,21). The molecule has 3 rings (SSSR count). The fraction of sp³-hybridized carbons (Fsp3) is 0.235. The van der Waals surface area contributed by atoms with Crippen LogP contribution in [-0.4, -0.2) is 12.6 Å². The quantitative estimate of drug-likeness (QED) is 0.810. The first-order valence-corrected chi connectivity index (χ1v) is 7.23. The topological polar surface area (TPSA) is 53.2 Å². The van der Waals surface area contributed by atoms with Crippen LogP contribution in [0.5, 0.6) is 0 Å². The van der Waals surface area contributed by atoms with Gasteiger partial charge in [-0.1, -0.05) is 42.5 Å². The van der Waals surface area contributed by atoms with E-state index in [2.05, 4.69) is 22.0 Å². The van der Waals surface area contributed by atoms with Crippen molar-refractivity contribution >= 4 is 11.7 Å². The van der Waals surface area contributed by atoms with E-state index >= 15 is 0 Å². The van der Waals surface area contributed by atoms with Crippen molar-refractivity contribution in [2.75, 3.05) is 11.9 Å². The monoisotopic (exact) mass is 281 g/mol. The molecule has 0 fully saturated rings. The lowest BCUT2D eigenvalue weighted by molar-refractivity contribution is 0.251. The lowest BCUT2D eigenvalue weighted by Gasteiger charge is -2.20. The molecular weight excluding hydrogens is 262 g/mol. The number of carbonyl (C=O) groups is 1. The molecular formula is C17H19N3O. The van der Waals surface area contributed by atoms with E-state index in [1.807, 2.05) is 42.5 Å². The van der Waals surface area contributed by atoms with Crippen LogP contribution in [0, 0.1) is 0 Å². The molecule has 1 aliphatic heterocycles. The van der Waals surface area contributed by atoms with Crippen molar-refractivity contribution < 1.29 is 4.79 Å².